The third kappa shape index (κ3) is 3.96. The zero-order valence-electron chi connectivity index (χ0n) is 10.3. The summed E-state index contributed by atoms with van der Waals surface area (Å²) in [6, 6.07) is 0.469. The summed E-state index contributed by atoms with van der Waals surface area (Å²) in [5, 5.41) is 12.6. The van der Waals surface area contributed by atoms with E-state index < -0.39 is 6.23 Å². The van der Waals surface area contributed by atoms with Crippen LogP contribution in [0.4, 0.5) is 0 Å². The molecule has 1 unspecified atom stereocenters. The molecule has 1 aliphatic carbocycles. The SMILES string of the molecule is C=CC(O)N[C@H]1CC[C@@H](C(C)(C)C)CC1. The van der Waals surface area contributed by atoms with Crippen LogP contribution in [-0.2, 0) is 0 Å². The van der Waals surface area contributed by atoms with Crippen LogP contribution in [0.5, 0.6) is 0 Å². The molecule has 15 heavy (non-hydrogen) atoms. The van der Waals surface area contributed by atoms with E-state index in [9.17, 15) is 5.11 Å². The molecule has 0 amide bonds. The smallest absolute Gasteiger partial charge is 0.124 e. The largest absolute Gasteiger partial charge is 0.375 e. The second kappa shape index (κ2) is 5.13. The van der Waals surface area contributed by atoms with Crippen molar-refractivity contribution in [2.45, 2.75) is 58.7 Å². The molecule has 2 nitrogen and oxygen atoms in total. The van der Waals surface area contributed by atoms with E-state index in [1.165, 1.54) is 25.7 Å². The summed E-state index contributed by atoms with van der Waals surface area (Å²) in [5.74, 6) is 0.830. The summed E-state index contributed by atoms with van der Waals surface area (Å²) >= 11 is 0. The first-order valence-corrected chi connectivity index (χ1v) is 6.00. The summed E-state index contributed by atoms with van der Waals surface area (Å²) in [6.45, 7) is 10.5. The molecule has 1 fully saturated rings. The minimum Gasteiger partial charge on any atom is -0.375 e. The molecule has 0 radical (unpaired) electrons. The van der Waals surface area contributed by atoms with Gasteiger partial charge in [0.1, 0.15) is 6.23 Å². The number of aliphatic hydroxyl groups is 1. The lowest BCUT2D eigenvalue weighted by Crippen LogP contribution is -2.40. The fraction of sp³-hybridized carbons (Fsp3) is 0.846. The van der Waals surface area contributed by atoms with Crippen LogP contribution >= 0.6 is 0 Å². The van der Waals surface area contributed by atoms with Crippen LogP contribution in [-0.4, -0.2) is 17.4 Å². The highest BCUT2D eigenvalue weighted by atomic mass is 16.3. The van der Waals surface area contributed by atoms with Gasteiger partial charge in [-0.05, 0) is 43.1 Å². The molecule has 0 bridgehead atoms. The predicted octanol–water partition coefficient (Wildman–Crippen LogP) is 2.69. The molecule has 0 aromatic rings. The van der Waals surface area contributed by atoms with Gasteiger partial charge in [-0.15, -0.1) is 0 Å². The highest BCUT2D eigenvalue weighted by molar-refractivity contribution is 4.86. The number of rotatable bonds is 3. The Labute approximate surface area is 93.8 Å². The maximum absolute atomic E-state index is 9.41. The Kier molecular flexibility index (Phi) is 4.35. The molecule has 0 heterocycles. The van der Waals surface area contributed by atoms with E-state index in [0.29, 0.717) is 11.5 Å². The molecule has 1 rings (SSSR count). The molecule has 88 valence electrons. The predicted molar refractivity (Wildman–Crippen MR) is 64.5 cm³/mol. The van der Waals surface area contributed by atoms with Gasteiger partial charge in [0.2, 0.25) is 0 Å². The molecule has 0 aromatic carbocycles. The first kappa shape index (κ1) is 12.7. The Hall–Kier alpha value is -0.340. The van der Waals surface area contributed by atoms with Crippen LogP contribution in [0, 0.1) is 11.3 Å². The van der Waals surface area contributed by atoms with Gasteiger partial charge in [0.25, 0.3) is 0 Å². The maximum Gasteiger partial charge on any atom is 0.124 e. The molecule has 2 heteroatoms. The first-order valence-electron chi connectivity index (χ1n) is 6.00. The van der Waals surface area contributed by atoms with Crippen LogP contribution in [0.2, 0.25) is 0 Å². The first-order chi connectivity index (χ1) is 6.93. The summed E-state index contributed by atoms with van der Waals surface area (Å²) in [5.41, 5.74) is 0.433. The average Bonchev–Trinajstić information content (AvgIpc) is 2.17. The lowest BCUT2D eigenvalue weighted by atomic mass is 9.71. The van der Waals surface area contributed by atoms with Gasteiger partial charge in [-0.25, -0.2) is 0 Å². The van der Waals surface area contributed by atoms with Crippen LogP contribution < -0.4 is 5.32 Å². The Morgan fingerprint density at radius 1 is 1.27 bits per heavy atom. The molecule has 1 atom stereocenters. The van der Waals surface area contributed by atoms with Crippen LogP contribution in [0.3, 0.4) is 0 Å². The van der Waals surface area contributed by atoms with Crippen LogP contribution in [0.25, 0.3) is 0 Å². The third-order valence-electron chi connectivity index (χ3n) is 3.58. The third-order valence-corrected chi connectivity index (χ3v) is 3.58. The van der Waals surface area contributed by atoms with Gasteiger partial charge in [-0.2, -0.15) is 0 Å². The van der Waals surface area contributed by atoms with Crippen molar-refractivity contribution < 1.29 is 5.11 Å². The quantitative estimate of drug-likeness (QED) is 0.555. The molecule has 1 aliphatic rings. The standard InChI is InChI=1S/C13H25NO/c1-5-12(15)14-11-8-6-10(7-9-11)13(2,3)4/h5,10-12,14-15H,1,6-9H2,2-4H3/t10-,11+,12?. The van der Waals surface area contributed by atoms with Gasteiger partial charge in [-0.1, -0.05) is 27.4 Å². The van der Waals surface area contributed by atoms with E-state index in [-0.39, 0.29) is 0 Å². The average molecular weight is 211 g/mol. The highest BCUT2D eigenvalue weighted by Crippen LogP contribution is 2.37. The van der Waals surface area contributed by atoms with E-state index in [2.05, 4.69) is 32.7 Å². The summed E-state index contributed by atoms with van der Waals surface area (Å²) in [4.78, 5) is 0. The van der Waals surface area contributed by atoms with Gasteiger partial charge in [0.15, 0.2) is 0 Å². The van der Waals surface area contributed by atoms with E-state index in [4.69, 9.17) is 0 Å². The molecule has 2 N–H and O–H groups in total. The minimum atomic E-state index is -0.541. The molecule has 1 saturated carbocycles. The Balaban J connectivity index is 2.33. The van der Waals surface area contributed by atoms with Crippen molar-refractivity contribution in [1.29, 1.82) is 0 Å². The van der Waals surface area contributed by atoms with Crippen molar-refractivity contribution in [1.82, 2.24) is 5.32 Å². The van der Waals surface area contributed by atoms with E-state index in [1.807, 2.05) is 0 Å². The Bertz CT molecular complexity index is 199. The highest BCUT2D eigenvalue weighted by Gasteiger charge is 2.29. The van der Waals surface area contributed by atoms with Crippen molar-refractivity contribution in [2.24, 2.45) is 11.3 Å². The lowest BCUT2D eigenvalue weighted by molar-refractivity contribution is 0.120. The number of aliphatic hydroxyl groups excluding tert-OH is 1. The van der Waals surface area contributed by atoms with Gasteiger partial charge in [0, 0.05) is 6.04 Å². The lowest BCUT2D eigenvalue weighted by Gasteiger charge is -2.37. The number of nitrogens with one attached hydrogen (secondary N) is 1. The fourth-order valence-corrected chi connectivity index (χ4v) is 2.44. The summed E-state index contributed by atoms with van der Waals surface area (Å²) in [6.07, 6.45) is 5.90. The van der Waals surface area contributed by atoms with Crippen molar-refractivity contribution in [2.75, 3.05) is 0 Å². The molecule has 0 aliphatic heterocycles. The van der Waals surface area contributed by atoms with Gasteiger partial charge in [0.05, 0.1) is 0 Å². The van der Waals surface area contributed by atoms with Gasteiger partial charge in [-0.3, -0.25) is 5.32 Å². The normalized spacial score (nSPS) is 29.9. The van der Waals surface area contributed by atoms with Gasteiger partial charge >= 0.3 is 0 Å². The number of hydrogen-bond acceptors (Lipinski definition) is 2. The van der Waals surface area contributed by atoms with E-state index in [0.717, 1.165) is 5.92 Å². The molecule has 0 saturated heterocycles. The van der Waals surface area contributed by atoms with Crippen molar-refractivity contribution in [3.8, 4) is 0 Å². The van der Waals surface area contributed by atoms with Crippen molar-refractivity contribution in [3.05, 3.63) is 12.7 Å². The van der Waals surface area contributed by atoms with Crippen LogP contribution in [0.1, 0.15) is 46.5 Å². The van der Waals surface area contributed by atoms with Crippen molar-refractivity contribution in [3.63, 3.8) is 0 Å². The molecular formula is C13H25NO. The molecule has 0 aromatic heterocycles. The second-order valence-corrected chi connectivity index (χ2v) is 5.76. The minimum absolute atomic E-state index is 0.433. The monoisotopic (exact) mass is 211 g/mol. The Morgan fingerprint density at radius 2 is 1.80 bits per heavy atom. The zero-order valence-corrected chi connectivity index (χ0v) is 10.3. The number of hydrogen-bond donors (Lipinski definition) is 2. The Morgan fingerprint density at radius 3 is 2.20 bits per heavy atom. The second-order valence-electron chi connectivity index (χ2n) is 5.76. The molecular weight excluding hydrogens is 186 g/mol. The zero-order chi connectivity index (χ0) is 11.5. The topological polar surface area (TPSA) is 32.3 Å². The van der Waals surface area contributed by atoms with Crippen molar-refractivity contribution >= 4 is 0 Å². The summed E-state index contributed by atoms with van der Waals surface area (Å²) < 4.78 is 0. The molecule has 0 spiro atoms. The van der Waals surface area contributed by atoms with E-state index in [1.54, 1.807) is 6.08 Å². The summed E-state index contributed by atoms with van der Waals surface area (Å²) in [7, 11) is 0. The fourth-order valence-electron chi connectivity index (χ4n) is 2.44. The van der Waals surface area contributed by atoms with Gasteiger partial charge < -0.3 is 5.11 Å². The van der Waals surface area contributed by atoms with Crippen LogP contribution in [0.15, 0.2) is 12.7 Å². The maximum atomic E-state index is 9.41. The van der Waals surface area contributed by atoms with E-state index >= 15 is 0 Å².